The van der Waals surface area contributed by atoms with E-state index >= 15 is 0 Å². The number of rotatable bonds is 3. The van der Waals surface area contributed by atoms with Gasteiger partial charge in [-0.15, -0.1) is 11.8 Å². The van der Waals surface area contributed by atoms with Crippen LogP contribution in [0.25, 0.3) is 0 Å². The molecule has 1 N–H and O–H groups in total. The Bertz CT molecular complexity index is 882. The standard InChI is InChI=1S/C19H19N3O3S/c1-19(2)15(16(23)21-11-8-9-14(25-3)20-10-11)22-17(24)12-6-4-5-7-13(12)18(22)26-19/h4-10,15,18H,1-3H3,(H,21,23). The number of nitrogens with one attached hydrogen (secondary N) is 1. The van der Waals surface area contributed by atoms with Crippen LogP contribution in [-0.2, 0) is 4.79 Å². The minimum atomic E-state index is -0.570. The summed E-state index contributed by atoms with van der Waals surface area (Å²) in [5.74, 6) is 0.180. The predicted molar refractivity (Wildman–Crippen MR) is 100 cm³/mol. The van der Waals surface area contributed by atoms with Gasteiger partial charge < -0.3 is 15.0 Å². The maximum atomic E-state index is 13.0. The van der Waals surface area contributed by atoms with Gasteiger partial charge in [0.15, 0.2) is 0 Å². The van der Waals surface area contributed by atoms with Crippen molar-refractivity contribution in [1.29, 1.82) is 0 Å². The lowest BCUT2D eigenvalue weighted by atomic mass is 10.0. The molecule has 3 heterocycles. The molecule has 2 aliphatic heterocycles. The summed E-state index contributed by atoms with van der Waals surface area (Å²) < 4.78 is 4.63. The zero-order valence-corrected chi connectivity index (χ0v) is 15.5. The highest BCUT2D eigenvalue weighted by Crippen LogP contribution is 2.56. The first-order valence-corrected chi connectivity index (χ1v) is 9.20. The summed E-state index contributed by atoms with van der Waals surface area (Å²) in [6.07, 6.45) is 1.55. The van der Waals surface area contributed by atoms with Crippen molar-refractivity contribution in [3.63, 3.8) is 0 Å². The van der Waals surface area contributed by atoms with Gasteiger partial charge in [0, 0.05) is 16.4 Å². The molecule has 1 saturated heterocycles. The number of anilines is 1. The number of ether oxygens (including phenoxy) is 1. The van der Waals surface area contributed by atoms with Crippen molar-refractivity contribution in [2.45, 2.75) is 30.0 Å². The van der Waals surface area contributed by atoms with E-state index in [1.54, 1.807) is 35.0 Å². The van der Waals surface area contributed by atoms with Crippen molar-refractivity contribution in [3.8, 4) is 5.88 Å². The van der Waals surface area contributed by atoms with Gasteiger partial charge in [-0.05, 0) is 31.5 Å². The fourth-order valence-electron chi connectivity index (χ4n) is 3.59. The number of methoxy groups -OCH3 is 1. The van der Waals surface area contributed by atoms with Gasteiger partial charge in [-0.25, -0.2) is 4.98 Å². The minimum absolute atomic E-state index is 0.0864. The predicted octanol–water partition coefficient (Wildman–Crippen LogP) is 3.08. The second-order valence-corrected chi connectivity index (χ2v) is 8.59. The van der Waals surface area contributed by atoms with Gasteiger partial charge in [0.2, 0.25) is 11.8 Å². The molecule has 1 fully saturated rings. The van der Waals surface area contributed by atoms with Crippen molar-refractivity contribution in [2.75, 3.05) is 12.4 Å². The molecular formula is C19H19N3O3S. The van der Waals surface area contributed by atoms with Crippen molar-refractivity contribution < 1.29 is 14.3 Å². The molecule has 1 aromatic carbocycles. The van der Waals surface area contributed by atoms with Gasteiger partial charge in [-0.1, -0.05) is 18.2 Å². The molecule has 2 unspecified atom stereocenters. The summed E-state index contributed by atoms with van der Waals surface area (Å²) in [4.78, 5) is 31.8. The number of nitrogens with zero attached hydrogens (tertiary/aromatic N) is 2. The Morgan fingerprint density at radius 3 is 2.73 bits per heavy atom. The van der Waals surface area contributed by atoms with E-state index in [9.17, 15) is 9.59 Å². The first-order chi connectivity index (χ1) is 12.4. The van der Waals surface area contributed by atoms with E-state index in [0.717, 1.165) is 5.56 Å². The highest BCUT2D eigenvalue weighted by atomic mass is 32.2. The number of amides is 2. The van der Waals surface area contributed by atoms with Crippen LogP contribution >= 0.6 is 11.8 Å². The number of fused-ring (bicyclic) bond motifs is 3. The van der Waals surface area contributed by atoms with Crippen LogP contribution in [0.15, 0.2) is 42.6 Å². The number of aromatic nitrogens is 1. The van der Waals surface area contributed by atoms with Crippen LogP contribution in [0.5, 0.6) is 5.88 Å². The first kappa shape index (κ1) is 16.9. The molecule has 2 amide bonds. The molecule has 0 bridgehead atoms. The van der Waals surface area contributed by atoms with Gasteiger partial charge in [-0.3, -0.25) is 9.59 Å². The number of pyridine rings is 1. The highest BCUT2D eigenvalue weighted by Gasteiger charge is 2.57. The monoisotopic (exact) mass is 369 g/mol. The number of carbonyl (C=O) groups excluding carboxylic acids is 2. The summed E-state index contributed by atoms with van der Waals surface area (Å²) in [6, 6.07) is 10.4. The van der Waals surface area contributed by atoms with Crippen molar-refractivity contribution in [3.05, 3.63) is 53.7 Å². The Morgan fingerprint density at radius 1 is 1.27 bits per heavy atom. The summed E-state index contributed by atoms with van der Waals surface area (Å²) >= 11 is 1.65. The molecule has 1 aromatic heterocycles. The molecular weight excluding hydrogens is 350 g/mol. The molecule has 134 valence electrons. The summed E-state index contributed by atoms with van der Waals surface area (Å²) in [5.41, 5.74) is 2.24. The molecule has 4 rings (SSSR count). The third kappa shape index (κ3) is 2.54. The largest absolute Gasteiger partial charge is 0.481 e. The minimum Gasteiger partial charge on any atom is -0.481 e. The lowest BCUT2D eigenvalue weighted by molar-refractivity contribution is -0.121. The Labute approximate surface area is 155 Å². The topological polar surface area (TPSA) is 71.5 Å². The van der Waals surface area contributed by atoms with E-state index in [4.69, 9.17) is 4.74 Å². The fourth-order valence-corrected chi connectivity index (χ4v) is 5.18. The number of benzene rings is 1. The molecule has 26 heavy (non-hydrogen) atoms. The second kappa shape index (κ2) is 6.02. The third-order valence-corrected chi connectivity index (χ3v) is 6.29. The van der Waals surface area contributed by atoms with Crippen molar-refractivity contribution >= 4 is 29.3 Å². The highest BCUT2D eigenvalue weighted by molar-refractivity contribution is 8.01. The Kier molecular flexibility index (Phi) is 3.91. The van der Waals surface area contributed by atoms with Crippen LogP contribution < -0.4 is 10.1 Å². The lowest BCUT2D eigenvalue weighted by Gasteiger charge is -2.29. The van der Waals surface area contributed by atoms with Gasteiger partial charge in [0.1, 0.15) is 11.4 Å². The van der Waals surface area contributed by atoms with Crippen molar-refractivity contribution in [1.82, 2.24) is 9.88 Å². The quantitative estimate of drug-likeness (QED) is 0.900. The second-order valence-electron chi connectivity index (χ2n) is 6.85. The third-order valence-electron chi connectivity index (χ3n) is 4.76. The van der Waals surface area contributed by atoms with E-state index < -0.39 is 10.8 Å². The molecule has 2 aliphatic rings. The lowest BCUT2D eigenvalue weighted by Crippen LogP contribution is -2.50. The van der Waals surface area contributed by atoms with Crippen LogP contribution in [0.1, 0.15) is 35.1 Å². The van der Waals surface area contributed by atoms with E-state index in [-0.39, 0.29) is 17.2 Å². The van der Waals surface area contributed by atoms with Gasteiger partial charge >= 0.3 is 0 Å². The fraction of sp³-hybridized carbons (Fsp3) is 0.316. The van der Waals surface area contributed by atoms with Crippen LogP contribution in [0, 0.1) is 0 Å². The van der Waals surface area contributed by atoms with E-state index in [0.29, 0.717) is 17.1 Å². The van der Waals surface area contributed by atoms with Gasteiger partial charge in [0.25, 0.3) is 5.91 Å². The van der Waals surface area contributed by atoms with E-state index in [2.05, 4.69) is 10.3 Å². The number of thioether (sulfide) groups is 1. The molecule has 2 aromatic rings. The zero-order valence-electron chi connectivity index (χ0n) is 14.7. The molecule has 6 nitrogen and oxygen atoms in total. The summed E-state index contributed by atoms with van der Waals surface area (Å²) in [6.45, 7) is 4.00. The molecule has 0 radical (unpaired) electrons. The average Bonchev–Trinajstić information content (AvgIpc) is 3.06. The SMILES string of the molecule is COc1ccc(NC(=O)C2N3C(=O)c4ccccc4C3SC2(C)C)cn1. The Morgan fingerprint density at radius 2 is 2.04 bits per heavy atom. The molecule has 0 spiro atoms. The van der Waals surface area contributed by atoms with Crippen LogP contribution in [0.2, 0.25) is 0 Å². The van der Waals surface area contributed by atoms with E-state index in [1.165, 1.54) is 7.11 Å². The normalized spacial score (nSPS) is 22.7. The molecule has 7 heteroatoms. The zero-order chi connectivity index (χ0) is 18.5. The molecule has 0 aliphatic carbocycles. The number of hydrogen-bond acceptors (Lipinski definition) is 5. The number of hydrogen-bond donors (Lipinski definition) is 1. The Balaban J connectivity index is 1.63. The maximum Gasteiger partial charge on any atom is 0.256 e. The first-order valence-electron chi connectivity index (χ1n) is 8.32. The smallest absolute Gasteiger partial charge is 0.256 e. The van der Waals surface area contributed by atoms with Crippen molar-refractivity contribution in [2.24, 2.45) is 0 Å². The van der Waals surface area contributed by atoms with Gasteiger partial charge in [-0.2, -0.15) is 0 Å². The summed E-state index contributed by atoms with van der Waals surface area (Å²) in [7, 11) is 1.54. The Hall–Kier alpha value is -2.54. The maximum absolute atomic E-state index is 13.0. The van der Waals surface area contributed by atoms with Gasteiger partial charge in [0.05, 0.1) is 19.0 Å². The van der Waals surface area contributed by atoms with Crippen LogP contribution in [0.3, 0.4) is 0 Å². The van der Waals surface area contributed by atoms with E-state index in [1.807, 2.05) is 38.1 Å². The average molecular weight is 369 g/mol. The van der Waals surface area contributed by atoms with Crippen LogP contribution in [0.4, 0.5) is 5.69 Å². The van der Waals surface area contributed by atoms with Crippen LogP contribution in [-0.4, -0.2) is 39.6 Å². The number of carbonyl (C=O) groups is 2. The summed E-state index contributed by atoms with van der Waals surface area (Å²) in [5, 5.41) is 2.76. The molecule has 2 atom stereocenters. The molecule has 0 saturated carbocycles.